The molecule has 2 N–H and O–H groups in total. The van der Waals surface area contributed by atoms with Crippen molar-refractivity contribution in [2.45, 2.75) is 26.3 Å². The van der Waals surface area contributed by atoms with Gasteiger partial charge in [-0.1, -0.05) is 37.1 Å². The summed E-state index contributed by atoms with van der Waals surface area (Å²) in [7, 11) is 0. The van der Waals surface area contributed by atoms with E-state index in [2.05, 4.69) is 17.6 Å². The summed E-state index contributed by atoms with van der Waals surface area (Å²) in [5.41, 5.74) is 1.13. The lowest BCUT2D eigenvalue weighted by Gasteiger charge is -2.10. The van der Waals surface area contributed by atoms with Crippen LogP contribution in [0.5, 0.6) is 0 Å². The van der Waals surface area contributed by atoms with Gasteiger partial charge >= 0.3 is 0 Å². The van der Waals surface area contributed by atoms with Crippen LogP contribution >= 0.6 is 23.8 Å². The second kappa shape index (κ2) is 7.47. The minimum Gasteiger partial charge on any atom is -0.363 e. The number of unbranched alkanes of at least 4 members (excludes halogenated alkanes) is 1. The first-order valence-corrected chi connectivity index (χ1v) is 6.27. The molecule has 0 aromatic heterocycles. The lowest BCUT2D eigenvalue weighted by Crippen LogP contribution is -2.35. The van der Waals surface area contributed by atoms with Crippen molar-refractivity contribution in [3.05, 3.63) is 34.9 Å². The van der Waals surface area contributed by atoms with Gasteiger partial charge in [-0.3, -0.25) is 0 Å². The monoisotopic (exact) mass is 256 g/mol. The van der Waals surface area contributed by atoms with Crippen molar-refractivity contribution in [2.75, 3.05) is 6.54 Å². The second-order valence-corrected chi connectivity index (χ2v) is 4.44. The van der Waals surface area contributed by atoms with Gasteiger partial charge in [0, 0.05) is 18.1 Å². The highest BCUT2D eigenvalue weighted by atomic mass is 35.5. The molecule has 0 atom stereocenters. The number of halogens is 1. The van der Waals surface area contributed by atoms with Crippen molar-refractivity contribution in [1.82, 2.24) is 10.6 Å². The second-order valence-electron chi connectivity index (χ2n) is 3.59. The molecule has 0 aliphatic carbocycles. The fraction of sp³-hybridized carbons (Fsp3) is 0.417. The van der Waals surface area contributed by atoms with Gasteiger partial charge in [-0.15, -0.1) is 0 Å². The van der Waals surface area contributed by atoms with E-state index in [1.165, 1.54) is 6.42 Å². The number of rotatable bonds is 5. The van der Waals surface area contributed by atoms with Crippen LogP contribution in [-0.4, -0.2) is 11.7 Å². The van der Waals surface area contributed by atoms with E-state index >= 15 is 0 Å². The average Bonchev–Trinajstić information content (AvgIpc) is 2.27. The molecule has 0 radical (unpaired) electrons. The highest BCUT2D eigenvalue weighted by Gasteiger charge is 1.96. The lowest BCUT2D eigenvalue weighted by atomic mass is 10.2. The van der Waals surface area contributed by atoms with Gasteiger partial charge in [0.05, 0.1) is 0 Å². The Hall–Kier alpha value is -0.800. The van der Waals surface area contributed by atoms with Gasteiger partial charge in [-0.2, -0.15) is 0 Å². The molecular formula is C12H17ClN2S. The third-order valence-corrected chi connectivity index (χ3v) is 2.68. The SMILES string of the molecule is CCCCNC(=S)NCc1cccc(Cl)c1. The molecule has 0 aliphatic heterocycles. The van der Waals surface area contributed by atoms with Crippen molar-refractivity contribution in [3.8, 4) is 0 Å². The lowest BCUT2D eigenvalue weighted by molar-refractivity contribution is 0.739. The highest BCUT2D eigenvalue weighted by molar-refractivity contribution is 7.80. The Bertz CT molecular complexity index is 342. The van der Waals surface area contributed by atoms with Crippen molar-refractivity contribution in [3.63, 3.8) is 0 Å². The number of benzene rings is 1. The van der Waals surface area contributed by atoms with Crippen LogP contribution in [0, 0.1) is 0 Å². The Morgan fingerprint density at radius 3 is 2.88 bits per heavy atom. The number of hydrogen-bond acceptors (Lipinski definition) is 1. The first-order chi connectivity index (χ1) is 7.72. The average molecular weight is 257 g/mol. The van der Waals surface area contributed by atoms with E-state index in [4.69, 9.17) is 23.8 Å². The largest absolute Gasteiger partial charge is 0.363 e. The third kappa shape index (κ3) is 5.33. The maximum atomic E-state index is 5.89. The summed E-state index contributed by atoms with van der Waals surface area (Å²) in [5, 5.41) is 7.76. The van der Waals surface area contributed by atoms with E-state index in [1.807, 2.05) is 24.3 Å². The summed E-state index contributed by atoms with van der Waals surface area (Å²) in [6.45, 7) is 3.79. The van der Waals surface area contributed by atoms with Crippen molar-refractivity contribution in [2.24, 2.45) is 0 Å². The fourth-order valence-corrected chi connectivity index (χ4v) is 1.66. The van der Waals surface area contributed by atoms with Gasteiger partial charge < -0.3 is 10.6 Å². The van der Waals surface area contributed by atoms with E-state index in [9.17, 15) is 0 Å². The summed E-state index contributed by atoms with van der Waals surface area (Å²) in [5.74, 6) is 0. The summed E-state index contributed by atoms with van der Waals surface area (Å²) in [6.07, 6.45) is 2.31. The topological polar surface area (TPSA) is 24.1 Å². The Morgan fingerprint density at radius 1 is 1.38 bits per heavy atom. The molecule has 0 saturated heterocycles. The van der Waals surface area contributed by atoms with Crippen LogP contribution in [-0.2, 0) is 6.54 Å². The number of hydrogen-bond donors (Lipinski definition) is 2. The van der Waals surface area contributed by atoms with Crippen LogP contribution in [0.2, 0.25) is 5.02 Å². The summed E-state index contributed by atoms with van der Waals surface area (Å²) in [6, 6.07) is 7.76. The number of nitrogens with one attached hydrogen (secondary N) is 2. The maximum Gasteiger partial charge on any atom is 0.166 e. The van der Waals surface area contributed by atoms with Crippen LogP contribution in [0.25, 0.3) is 0 Å². The molecule has 88 valence electrons. The normalized spacial score (nSPS) is 9.88. The number of thiocarbonyl (C=S) groups is 1. The third-order valence-electron chi connectivity index (χ3n) is 2.16. The van der Waals surface area contributed by atoms with Gasteiger partial charge in [-0.25, -0.2) is 0 Å². The first-order valence-electron chi connectivity index (χ1n) is 5.48. The molecule has 0 spiro atoms. The van der Waals surface area contributed by atoms with E-state index in [0.29, 0.717) is 11.7 Å². The van der Waals surface area contributed by atoms with Crippen LogP contribution < -0.4 is 10.6 Å². The van der Waals surface area contributed by atoms with E-state index in [1.54, 1.807) is 0 Å². The minimum absolute atomic E-state index is 0.702. The van der Waals surface area contributed by atoms with Crippen LogP contribution in [0.1, 0.15) is 25.3 Å². The molecule has 16 heavy (non-hydrogen) atoms. The first kappa shape index (κ1) is 13.3. The fourth-order valence-electron chi connectivity index (χ4n) is 1.27. The molecule has 1 aromatic carbocycles. The molecule has 0 aliphatic rings. The van der Waals surface area contributed by atoms with Gasteiger partial charge in [0.2, 0.25) is 0 Å². The zero-order valence-electron chi connectivity index (χ0n) is 9.42. The van der Waals surface area contributed by atoms with Crippen molar-refractivity contribution in [1.29, 1.82) is 0 Å². The molecule has 4 heteroatoms. The maximum absolute atomic E-state index is 5.89. The standard InChI is InChI=1S/C12H17ClN2S/c1-2-3-7-14-12(16)15-9-10-5-4-6-11(13)8-10/h4-6,8H,2-3,7,9H2,1H3,(H2,14,15,16). The molecule has 0 heterocycles. The van der Waals surface area contributed by atoms with Crippen molar-refractivity contribution < 1.29 is 0 Å². The Balaban J connectivity index is 2.26. The Morgan fingerprint density at radius 2 is 2.19 bits per heavy atom. The predicted octanol–water partition coefficient (Wildman–Crippen LogP) is 3.10. The van der Waals surface area contributed by atoms with Crippen LogP contribution in [0.4, 0.5) is 0 Å². The summed E-state index contributed by atoms with van der Waals surface area (Å²) in [4.78, 5) is 0. The van der Waals surface area contributed by atoms with E-state index < -0.39 is 0 Å². The predicted molar refractivity (Wildman–Crippen MR) is 73.8 cm³/mol. The molecule has 0 bridgehead atoms. The summed E-state index contributed by atoms with van der Waals surface area (Å²) < 4.78 is 0. The quantitative estimate of drug-likeness (QED) is 0.625. The van der Waals surface area contributed by atoms with E-state index in [-0.39, 0.29) is 0 Å². The molecule has 0 saturated carbocycles. The van der Waals surface area contributed by atoms with Gasteiger partial charge in [0.15, 0.2) is 5.11 Å². The Labute approximate surface area is 107 Å². The zero-order chi connectivity index (χ0) is 11.8. The molecule has 1 aromatic rings. The summed E-state index contributed by atoms with van der Waals surface area (Å²) >= 11 is 11.0. The van der Waals surface area contributed by atoms with Crippen molar-refractivity contribution >= 4 is 28.9 Å². The zero-order valence-corrected chi connectivity index (χ0v) is 11.0. The van der Waals surface area contributed by atoms with Gasteiger partial charge in [0.1, 0.15) is 0 Å². The molecular weight excluding hydrogens is 240 g/mol. The molecule has 0 unspecified atom stereocenters. The van der Waals surface area contributed by atoms with Crippen LogP contribution in [0.3, 0.4) is 0 Å². The smallest absolute Gasteiger partial charge is 0.166 e. The molecule has 0 amide bonds. The molecule has 0 fully saturated rings. The van der Waals surface area contributed by atoms with Crippen LogP contribution in [0.15, 0.2) is 24.3 Å². The van der Waals surface area contributed by atoms with Gasteiger partial charge in [-0.05, 0) is 36.3 Å². The molecule has 1 rings (SSSR count). The highest BCUT2D eigenvalue weighted by Crippen LogP contribution is 2.09. The van der Waals surface area contributed by atoms with E-state index in [0.717, 1.165) is 23.6 Å². The Kier molecular flexibility index (Phi) is 6.19. The van der Waals surface area contributed by atoms with Gasteiger partial charge in [0.25, 0.3) is 0 Å². The minimum atomic E-state index is 0.702. The molecule has 2 nitrogen and oxygen atoms in total.